The lowest BCUT2D eigenvalue weighted by molar-refractivity contribution is -0.119. The van der Waals surface area contributed by atoms with Crippen molar-refractivity contribution in [1.82, 2.24) is 4.98 Å². The van der Waals surface area contributed by atoms with Crippen LogP contribution in [0.4, 0.5) is 5.69 Å². The van der Waals surface area contributed by atoms with Crippen LogP contribution in [0.1, 0.15) is 15.9 Å². The van der Waals surface area contributed by atoms with E-state index >= 15 is 0 Å². The Labute approximate surface area is 192 Å². The molecule has 0 bridgehead atoms. The summed E-state index contributed by atoms with van der Waals surface area (Å²) in [5.41, 5.74) is 3.12. The number of hydrogen-bond donors (Lipinski definition) is 1. The molecule has 0 spiro atoms. The Balaban J connectivity index is 1.57. The fourth-order valence-electron chi connectivity index (χ4n) is 3.20. The minimum absolute atomic E-state index is 0.318. The minimum Gasteiger partial charge on any atom is -0.452 e. The fourth-order valence-corrected chi connectivity index (χ4v) is 3.46. The molecule has 4 rings (SSSR count). The summed E-state index contributed by atoms with van der Waals surface area (Å²) >= 11 is 3.41. The zero-order chi connectivity index (χ0) is 22.5. The molecule has 7 heteroatoms. The van der Waals surface area contributed by atoms with Gasteiger partial charge in [0.15, 0.2) is 6.61 Å². The molecule has 0 aliphatic rings. The molecule has 156 valence electrons. The van der Waals surface area contributed by atoms with Crippen molar-refractivity contribution >= 4 is 44.4 Å². The Hall–Kier alpha value is -4.02. The van der Waals surface area contributed by atoms with E-state index < -0.39 is 18.5 Å². The number of nitrogens with one attached hydrogen (secondary N) is 1. The van der Waals surface area contributed by atoms with E-state index in [1.54, 1.807) is 36.4 Å². The quantitative estimate of drug-likeness (QED) is 0.385. The number of aromatic nitrogens is 1. The second kappa shape index (κ2) is 9.41. The van der Waals surface area contributed by atoms with Crippen molar-refractivity contribution < 1.29 is 14.3 Å². The van der Waals surface area contributed by atoms with Crippen molar-refractivity contribution in [1.29, 1.82) is 5.26 Å². The zero-order valence-electron chi connectivity index (χ0n) is 16.7. The van der Waals surface area contributed by atoms with Gasteiger partial charge in [-0.15, -0.1) is 0 Å². The number of fused-ring (bicyclic) bond motifs is 1. The Morgan fingerprint density at radius 1 is 1.00 bits per heavy atom. The summed E-state index contributed by atoms with van der Waals surface area (Å²) in [5.74, 6) is -1.17. The first-order chi connectivity index (χ1) is 15.5. The number of para-hydroxylation sites is 2. The van der Waals surface area contributed by atoms with E-state index in [9.17, 15) is 9.59 Å². The molecule has 0 aliphatic carbocycles. The molecule has 0 saturated heterocycles. The maximum atomic E-state index is 12.9. The van der Waals surface area contributed by atoms with E-state index in [2.05, 4.69) is 26.2 Å². The molecular weight excluding hydrogens is 470 g/mol. The lowest BCUT2D eigenvalue weighted by Crippen LogP contribution is -2.21. The number of rotatable bonds is 5. The highest BCUT2D eigenvalue weighted by atomic mass is 79.9. The number of hydrogen-bond acceptors (Lipinski definition) is 5. The van der Waals surface area contributed by atoms with Gasteiger partial charge in [-0.3, -0.25) is 4.79 Å². The molecule has 0 radical (unpaired) electrons. The highest BCUT2D eigenvalue weighted by Gasteiger charge is 2.17. The standard InChI is InChI=1S/C25H16BrN3O3/c26-18-11-9-16(10-12-18)23-13-20(19-6-2-4-8-22(19)28-23)25(31)32-15-24(30)29-21-7-3-1-5-17(21)14-27/h1-13H,15H2,(H,29,30). The number of nitriles is 1. The first-order valence-electron chi connectivity index (χ1n) is 9.67. The van der Waals surface area contributed by atoms with Crippen LogP contribution in [0.3, 0.4) is 0 Å². The summed E-state index contributed by atoms with van der Waals surface area (Å²) in [4.78, 5) is 29.8. The summed E-state index contributed by atoms with van der Waals surface area (Å²) in [6.07, 6.45) is 0. The van der Waals surface area contributed by atoms with Crippen molar-refractivity contribution in [3.63, 3.8) is 0 Å². The van der Waals surface area contributed by atoms with Gasteiger partial charge in [-0.2, -0.15) is 5.26 Å². The summed E-state index contributed by atoms with van der Waals surface area (Å²) in [6.45, 7) is -0.483. The van der Waals surface area contributed by atoms with E-state index in [-0.39, 0.29) is 0 Å². The smallest absolute Gasteiger partial charge is 0.339 e. The van der Waals surface area contributed by atoms with E-state index in [0.29, 0.717) is 33.4 Å². The Kier molecular flexibility index (Phi) is 6.24. The molecule has 0 saturated carbocycles. The number of pyridine rings is 1. The van der Waals surface area contributed by atoms with E-state index in [4.69, 9.17) is 10.00 Å². The fraction of sp³-hybridized carbons (Fsp3) is 0.0400. The van der Waals surface area contributed by atoms with Crippen molar-refractivity contribution in [2.24, 2.45) is 0 Å². The second-order valence-electron chi connectivity index (χ2n) is 6.86. The molecule has 0 atom stereocenters. The van der Waals surface area contributed by atoms with Crippen molar-refractivity contribution in [2.75, 3.05) is 11.9 Å². The summed E-state index contributed by atoms with van der Waals surface area (Å²) < 4.78 is 6.22. The van der Waals surface area contributed by atoms with E-state index in [0.717, 1.165) is 10.0 Å². The third kappa shape index (κ3) is 4.66. The lowest BCUT2D eigenvalue weighted by Gasteiger charge is -2.11. The number of carbonyl (C=O) groups excluding carboxylic acids is 2. The van der Waals surface area contributed by atoms with Crippen LogP contribution in [0.15, 0.2) is 83.3 Å². The molecule has 1 N–H and O–H groups in total. The van der Waals surface area contributed by atoms with Crippen LogP contribution in [-0.2, 0) is 9.53 Å². The average Bonchev–Trinajstić information content (AvgIpc) is 2.82. The van der Waals surface area contributed by atoms with Crippen LogP contribution in [0, 0.1) is 11.3 Å². The summed E-state index contributed by atoms with van der Waals surface area (Å²) in [7, 11) is 0. The van der Waals surface area contributed by atoms with Crippen molar-refractivity contribution in [3.05, 3.63) is 94.5 Å². The Morgan fingerprint density at radius 3 is 2.50 bits per heavy atom. The molecule has 3 aromatic carbocycles. The number of anilines is 1. The number of esters is 1. The van der Waals surface area contributed by atoms with Crippen molar-refractivity contribution in [2.45, 2.75) is 0 Å². The number of benzene rings is 3. The number of halogens is 1. The predicted octanol–water partition coefficient (Wildman–Crippen LogP) is 5.33. The van der Waals surface area contributed by atoms with Gasteiger partial charge in [-0.1, -0.05) is 58.4 Å². The van der Waals surface area contributed by atoms with Gasteiger partial charge in [0.05, 0.1) is 28.0 Å². The molecule has 6 nitrogen and oxygen atoms in total. The molecule has 1 aromatic heterocycles. The van der Waals surface area contributed by atoms with Gasteiger partial charge in [0, 0.05) is 15.4 Å². The van der Waals surface area contributed by atoms with Gasteiger partial charge >= 0.3 is 5.97 Å². The Morgan fingerprint density at radius 2 is 1.72 bits per heavy atom. The van der Waals surface area contributed by atoms with Gasteiger partial charge in [0.1, 0.15) is 6.07 Å². The third-order valence-corrected chi connectivity index (χ3v) is 5.26. The van der Waals surface area contributed by atoms with E-state index in [1.807, 2.05) is 48.5 Å². The lowest BCUT2D eigenvalue weighted by atomic mass is 10.0. The molecular formula is C25H16BrN3O3. The third-order valence-electron chi connectivity index (χ3n) is 4.73. The molecule has 4 aromatic rings. The van der Waals surface area contributed by atoms with Crippen LogP contribution in [0.5, 0.6) is 0 Å². The number of ether oxygens (including phenoxy) is 1. The molecule has 0 fully saturated rings. The van der Waals surface area contributed by atoms with Gasteiger partial charge < -0.3 is 10.1 Å². The zero-order valence-corrected chi connectivity index (χ0v) is 18.3. The van der Waals surface area contributed by atoms with Crippen LogP contribution in [0.25, 0.3) is 22.2 Å². The molecule has 1 heterocycles. The largest absolute Gasteiger partial charge is 0.452 e. The minimum atomic E-state index is -0.634. The first-order valence-corrected chi connectivity index (χ1v) is 10.5. The number of amides is 1. The Bertz CT molecular complexity index is 1360. The topological polar surface area (TPSA) is 92.1 Å². The molecule has 0 aliphatic heterocycles. The predicted molar refractivity (Wildman–Crippen MR) is 125 cm³/mol. The average molecular weight is 486 g/mol. The molecule has 1 amide bonds. The van der Waals surface area contributed by atoms with Gasteiger partial charge in [-0.25, -0.2) is 9.78 Å². The van der Waals surface area contributed by atoms with Crippen LogP contribution < -0.4 is 5.32 Å². The normalized spacial score (nSPS) is 10.4. The van der Waals surface area contributed by atoms with E-state index in [1.165, 1.54) is 0 Å². The highest BCUT2D eigenvalue weighted by molar-refractivity contribution is 9.10. The number of nitrogens with zero attached hydrogens (tertiary/aromatic N) is 2. The maximum Gasteiger partial charge on any atom is 0.339 e. The number of carbonyl (C=O) groups is 2. The summed E-state index contributed by atoms with van der Waals surface area (Å²) in [6, 6.07) is 25.1. The first kappa shape index (κ1) is 21.2. The van der Waals surface area contributed by atoms with Crippen LogP contribution in [-0.4, -0.2) is 23.5 Å². The van der Waals surface area contributed by atoms with Gasteiger partial charge in [0.2, 0.25) is 0 Å². The SMILES string of the molecule is N#Cc1ccccc1NC(=O)COC(=O)c1cc(-c2ccc(Br)cc2)nc2ccccc12. The second-order valence-corrected chi connectivity index (χ2v) is 7.78. The van der Waals surface area contributed by atoms with Crippen LogP contribution in [0.2, 0.25) is 0 Å². The monoisotopic (exact) mass is 485 g/mol. The van der Waals surface area contributed by atoms with Gasteiger partial charge in [0.25, 0.3) is 5.91 Å². The highest BCUT2D eigenvalue weighted by Crippen LogP contribution is 2.26. The van der Waals surface area contributed by atoms with Crippen LogP contribution >= 0.6 is 15.9 Å². The summed E-state index contributed by atoms with van der Waals surface area (Å²) in [5, 5.41) is 12.4. The molecule has 32 heavy (non-hydrogen) atoms. The van der Waals surface area contributed by atoms with Gasteiger partial charge in [-0.05, 0) is 36.4 Å². The van der Waals surface area contributed by atoms with Crippen molar-refractivity contribution in [3.8, 4) is 17.3 Å². The molecule has 0 unspecified atom stereocenters. The maximum absolute atomic E-state index is 12.9.